The quantitative estimate of drug-likeness (QED) is 0.530. The van der Waals surface area contributed by atoms with Crippen LogP contribution in [0.15, 0.2) is 52.6 Å². The average Bonchev–Trinajstić information content (AvgIpc) is 3.05. The summed E-state index contributed by atoms with van der Waals surface area (Å²) in [5, 5.41) is 1.23. The highest BCUT2D eigenvalue weighted by atomic mass is 35.5. The van der Waals surface area contributed by atoms with Gasteiger partial charge in [0.1, 0.15) is 16.0 Å². The monoisotopic (exact) mass is 472 g/mol. The number of nitrogens with zero attached hydrogens (tertiary/aromatic N) is 4. The molecule has 0 saturated carbocycles. The number of piperidine rings is 1. The minimum atomic E-state index is 0.0951. The van der Waals surface area contributed by atoms with Gasteiger partial charge in [0.2, 0.25) is 0 Å². The summed E-state index contributed by atoms with van der Waals surface area (Å²) in [5.74, 6) is 1.16. The Labute approximate surface area is 195 Å². The van der Waals surface area contributed by atoms with Gasteiger partial charge in [-0.25, -0.2) is 15.0 Å². The lowest BCUT2D eigenvalue weighted by Crippen LogP contribution is -2.44. The van der Waals surface area contributed by atoms with Gasteiger partial charge in [0.05, 0.1) is 11.2 Å². The summed E-state index contributed by atoms with van der Waals surface area (Å²) in [5.41, 5.74) is 15.7. The van der Waals surface area contributed by atoms with Gasteiger partial charge in [0, 0.05) is 30.2 Å². The summed E-state index contributed by atoms with van der Waals surface area (Å²) in [6.45, 7) is 1.77. The largest absolute Gasteiger partial charge is 0.381 e. The van der Waals surface area contributed by atoms with Crippen LogP contribution in [0.5, 0.6) is 0 Å². The topological polar surface area (TPSA) is 94.0 Å². The van der Waals surface area contributed by atoms with Crippen LogP contribution in [-0.4, -0.2) is 28.0 Å². The molecule has 5 rings (SSSR count). The first-order valence-corrected chi connectivity index (χ1v) is 11.7. The van der Waals surface area contributed by atoms with E-state index in [4.69, 9.17) is 34.7 Å². The van der Waals surface area contributed by atoms with Crippen LogP contribution in [0, 0.1) is 5.41 Å². The molecule has 0 bridgehead atoms. The second-order valence-corrected chi connectivity index (χ2v) is 9.90. The maximum Gasteiger partial charge on any atom is 0.158 e. The van der Waals surface area contributed by atoms with Crippen LogP contribution < -0.4 is 16.4 Å². The fourth-order valence-corrected chi connectivity index (χ4v) is 5.91. The van der Waals surface area contributed by atoms with Crippen LogP contribution in [0.3, 0.4) is 0 Å². The molecule has 1 saturated heterocycles. The minimum absolute atomic E-state index is 0.0951. The minimum Gasteiger partial charge on any atom is -0.381 e. The lowest BCUT2D eigenvalue weighted by atomic mass is 9.73. The number of anilines is 2. The lowest BCUT2D eigenvalue weighted by Gasteiger charge is -2.42. The van der Waals surface area contributed by atoms with Gasteiger partial charge in [-0.05, 0) is 41.9 Å². The van der Waals surface area contributed by atoms with Gasteiger partial charge in [-0.1, -0.05) is 59.2 Å². The van der Waals surface area contributed by atoms with Gasteiger partial charge in [-0.2, -0.15) is 0 Å². The molecule has 160 valence electrons. The Morgan fingerprint density at radius 3 is 2.61 bits per heavy atom. The van der Waals surface area contributed by atoms with Crippen molar-refractivity contribution in [1.29, 1.82) is 0 Å². The third-order valence-electron chi connectivity index (χ3n) is 6.44. The molecule has 2 aliphatic rings. The van der Waals surface area contributed by atoms with E-state index in [9.17, 15) is 0 Å². The number of pyridine rings is 1. The first-order chi connectivity index (χ1) is 15.0. The molecular formula is C22H22Cl2N6S. The fraction of sp³-hybridized carbons (Fsp3) is 0.318. The Morgan fingerprint density at radius 2 is 1.87 bits per heavy atom. The highest BCUT2D eigenvalue weighted by Gasteiger charge is 2.45. The normalized spacial score (nSPS) is 19.6. The van der Waals surface area contributed by atoms with Crippen LogP contribution in [0.4, 0.5) is 11.6 Å². The molecule has 9 heteroatoms. The fourth-order valence-electron chi connectivity index (χ4n) is 4.69. The Morgan fingerprint density at radius 1 is 1.10 bits per heavy atom. The number of hydrogen-bond donors (Lipinski definition) is 2. The Hall–Kier alpha value is -2.06. The van der Waals surface area contributed by atoms with Gasteiger partial charge in [0.25, 0.3) is 0 Å². The van der Waals surface area contributed by atoms with Crippen molar-refractivity contribution in [3.05, 3.63) is 64.0 Å². The molecule has 1 aliphatic heterocycles. The maximum absolute atomic E-state index is 6.69. The molecule has 1 atom stereocenters. The van der Waals surface area contributed by atoms with Crippen molar-refractivity contribution in [1.82, 2.24) is 15.0 Å². The predicted octanol–water partition coefficient (Wildman–Crippen LogP) is 4.75. The zero-order chi connectivity index (χ0) is 21.6. The van der Waals surface area contributed by atoms with E-state index in [1.54, 1.807) is 18.5 Å². The second kappa shape index (κ2) is 8.13. The standard InChI is InChI=1S/C22H22Cl2N6S/c23-17-15(5-8-27-19(17)24)31-21-20(26)29-16(12-28-21)30-9-6-22(7-10-30)11-13-3-1-2-4-14(13)18(22)25/h1-5,8,12,18H,6-7,9-11,25H2,(H2,26,29)/t18-/m1/s1. The second-order valence-electron chi connectivity index (χ2n) is 8.14. The number of rotatable bonds is 3. The predicted molar refractivity (Wildman–Crippen MR) is 126 cm³/mol. The molecule has 3 heterocycles. The molecule has 1 aromatic carbocycles. The third-order valence-corrected chi connectivity index (χ3v) is 8.39. The van der Waals surface area contributed by atoms with E-state index < -0.39 is 0 Å². The van der Waals surface area contributed by atoms with Gasteiger partial charge in [0.15, 0.2) is 5.82 Å². The molecule has 1 spiro atoms. The molecule has 4 N–H and O–H groups in total. The lowest BCUT2D eigenvalue weighted by molar-refractivity contribution is 0.187. The highest BCUT2D eigenvalue weighted by Crippen LogP contribution is 2.51. The van der Waals surface area contributed by atoms with Crippen LogP contribution in [0.25, 0.3) is 0 Å². The summed E-state index contributed by atoms with van der Waals surface area (Å²) in [6.07, 6.45) is 6.47. The third kappa shape index (κ3) is 3.74. The van der Waals surface area contributed by atoms with E-state index in [1.165, 1.54) is 22.9 Å². The van der Waals surface area contributed by atoms with Crippen LogP contribution in [-0.2, 0) is 6.42 Å². The molecule has 1 fully saturated rings. The van der Waals surface area contributed by atoms with Crippen molar-refractivity contribution in [2.75, 3.05) is 23.7 Å². The van der Waals surface area contributed by atoms with Crippen LogP contribution in [0.1, 0.15) is 30.0 Å². The number of nitrogens with two attached hydrogens (primary N) is 2. The number of aromatic nitrogens is 3. The average molecular weight is 473 g/mol. The van der Waals surface area contributed by atoms with Crippen molar-refractivity contribution in [2.24, 2.45) is 11.1 Å². The van der Waals surface area contributed by atoms with Gasteiger partial charge < -0.3 is 16.4 Å². The molecule has 0 amide bonds. The van der Waals surface area contributed by atoms with Gasteiger partial charge >= 0.3 is 0 Å². The molecule has 31 heavy (non-hydrogen) atoms. The summed E-state index contributed by atoms with van der Waals surface area (Å²) < 4.78 is 0. The first kappa shape index (κ1) is 20.8. The number of hydrogen-bond acceptors (Lipinski definition) is 7. The Bertz CT molecular complexity index is 1130. The van der Waals surface area contributed by atoms with Crippen molar-refractivity contribution < 1.29 is 0 Å². The highest BCUT2D eigenvalue weighted by molar-refractivity contribution is 7.99. The van der Waals surface area contributed by atoms with E-state index in [2.05, 4.69) is 44.1 Å². The number of halogens is 2. The van der Waals surface area contributed by atoms with Crippen LogP contribution >= 0.6 is 35.0 Å². The smallest absolute Gasteiger partial charge is 0.158 e. The number of nitrogen functional groups attached to an aromatic ring is 1. The molecular weight excluding hydrogens is 451 g/mol. The first-order valence-electron chi connectivity index (χ1n) is 10.2. The van der Waals surface area contributed by atoms with E-state index in [0.29, 0.717) is 15.9 Å². The van der Waals surface area contributed by atoms with E-state index in [-0.39, 0.29) is 16.6 Å². The summed E-state index contributed by atoms with van der Waals surface area (Å²) in [4.78, 5) is 16.1. The molecule has 0 unspecified atom stereocenters. The Kier molecular flexibility index (Phi) is 5.46. The summed E-state index contributed by atoms with van der Waals surface area (Å²) in [7, 11) is 0. The Balaban J connectivity index is 1.29. The van der Waals surface area contributed by atoms with Crippen molar-refractivity contribution in [3.8, 4) is 0 Å². The maximum atomic E-state index is 6.69. The van der Waals surface area contributed by atoms with E-state index in [1.807, 2.05) is 0 Å². The van der Waals surface area contributed by atoms with Gasteiger partial charge in [-0.3, -0.25) is 0 Å². The number of benzene rings is 1. The molecule has 6 nitrogen and oxygen atoms in total. The van der Waals surface area contributed by atoms with Crippen molar-refractivity contribution in [3.63, 3.8) is 0 Å². The zero-order valence-corrected chi connectivity index (χ0v) is 19.1. The van der Waals surface area contributed by atoms with Crippen molar-refractivity contribution >= 4 is 46.6 Å². The summed E-state index contributed by atoms with van der Waals surface area (Å²) in [6, 6.07) is 10.4. The van der Waals surface area contributed by atoms with Gasteiger partial charge in [-0.15, -0.1) is 0 Å². The van der Waals surface area contributed by atoms with E-state index in [0.717, 1.165) is 43.1 Å². The number of fused-ring (bicyclic) bond motifs is 1. The van der Waals surface area contributed by atoms with Crippen molar-refractivity contribution in [2.45, 2.75) is 35.2 Å². The molecule has 3 aromatic rings. The summed E-state index contributed by atoms with van der Waals surface area (Å²) >= 11 is 13.6. The van der Waals surface area contributed by atoms with E-state index >= 15 is 0 Å². The SMILES string of the molecule is Nc1nc(N2CCC3(CC2)Cc2ccccc2[C@H]3N)cnc1Sc1ccnc(Cl)c1Cl. The molecule has 0 radical (unpaired) electrons. The van der Waals surface area contributed by atoms with Crippen LogP contribution in [0.2, 0.25) is 10.2 Å². The molecule has 2 aromatic heterocycles. The zero-order valence-electron chi connectivity index (χ0n) is 16.8. The molecule has 1 aliphatic carbocycles.